The first kappa shape index (κ1) is 20.7. The molecule has 0 fully saturated rings. The van der Waals surface area contributed by atoms with E-state index in [9.17, 15) is 9.59 Å². The van der Waals surface area contributed by atoms with Gasteiger partial charge in [-0.2, -0.15) is 0 Å². The second-order valence-corrected chi connectivity index (χ2v) is 8.18. The number of allylic oxidation sites excluding steroid dienone is 1. The van der Waals surface area contributed by atoms with Crippen molar-refractivity contribution in [2.45, 2.75) is 33.2 Å². The molecule has 160 valence electrons. The van der Waals surface area contributed by atoms with Crippen LogP contribution in [-0.4, -0.2) is 30.0 Å². The Morgan fingerprint density at radius 3 is 2.74 bits per heavy atom. The van der Waals surface area contributed by atoms with Crippen LogP contribution in [0.15, 0.2) is 49.1 Å². The van der Waals surface area contributed by atoms with Crippen LogP contribution in [0.1, 0.15) is 41.4 Å². The first-order valence-electron chi connectivity index (χ1n) is 10.4. The molecule has 0 unspecified atom stereocenters. The van der Waals surface area contributed by atoms with E-state index in [1.54, 1.807) is 36.2 Å². The zero-order valence-electron chi connectivity index (χ0n) is 18.4. The normalized spacial score (nSPS) is 13.3. The monoisotopic (exact) mass is 417 g/mol. The van der Waals surface area contributed by atoms with Gasteiger partial charge in [0.15, 0.2) is 6.61 Å². The summed E-state index contributed by atoms with van der Waals surface area (Å²) >= 11 is 0. The van der Waals surface area contributed by atoms with Crippen molar-refractivity contribution in [1.29, 1.82) is 0 Å². The summed E-state index contributed by atoms with van der Waals surface area (Å²) in [5.41, 5.74) is 5.11. The molecular weight excluding hydrogens is 390 g/mol. The number of aryl methyl sites for hydroxylation is 1. The fourth-order valence-corrected chi connectivity index (χ4v) is 4.06. The number of carbonyl (C=O) groups is 2. The van der Waals surface area contributed by atoms with Crippen LogP contribution in [0.3, 0.4) is 0 Å². The Hall–Kier alpha value is -3.54. The molecule has 0 saturated carbocycles. The molecule has 31 heavy (non-hydrogen) atoms. The molecule has 4 rings (SSSR count). The van der Waals surface area contributed by atoms with Crippen molar-refractivity contribution in [2.75, 3.05) is 23.9 Å². The zero-order valence-corrected chi connectivity index (χ0v) is 18.4. The van der Waals surface area contributed by atoms with Crippen LogP contribution in [0.5, 0.6) is 5.75 Å². The Morgan fingerprint density at radius 2 is 2.03 bits per heavy atom. The van der Waals surface area contributed by atoms with E-state index in [1.165, 1.54) is 5.56 Å². The molecular formula is C25H27N3O3. The molecule has 1 aliphatic rings. The molecule has 2 amide bonds. The van der Waals surface area contributed by atoms with Gasteiger partial charge in [0.25, 0.3) is 11.8 Å². The molecule has 6 nitrogen and oxygen atoms in total. The van der Waals surface area contributed by atoms with E-state index in [0.29, 0.717) is 35.3 Å². The van der Waals surface area contributed by atoms with Gasteiger partial charge in [0.2, 0.25) is 0 Å². The fraction of sp³-hybridized carbons (Fsp3) is 0.280. The first-order chi connectivity index (χ1) is 14.8. The van der Waals surface area contributed by atoms with Gasteiger partial charge in [0.1, 0.15) is 11.4 Å². The number of anilines is 2. The molecule has 0 aliphatic carbocycles. The standard InChI is InChI=1S/C25H27N3O3/c1-6-11-28-20-9-7-17(15(2)3)12-19(20)16(4)24(28)25(30)26-18-8-10-21-22(13-18)31-14-23(29)27(21)5/h6-10,12-13,15H,1,11,14H2,2-5H3,(H,26,30). The van der Waals surface area contributed by atoms with Gasteiger partial charge < -0.3 is 19.5 Å². The molecule has 6 heteroatoms. The van der Waals surface area contributed by atoms with Crippen molar-refractivity contribution in [3.8, 4) is 5.75 Å². The highest BCUT2D eigenvalue weighted by molar-refractivity contribution is 6.09. The second-order valence-electron chi connectivity index (χ2n) is 8.18. The molecule has 2 aromatic carbocycles. The average Bonchev–Trinajstić information content (AvgIpc) is 3.02. The minimum absolute atomic E-state index is 0.00817. The Labute approximate surface area is 182 Å². The summed E-state index contributed by atoms with van der Waals surface area (Å²) in [7, 11) is 1.71. The summed E-state index contributed by atoms with van der Waals surface area (Å²) in [6.45, 7) is 10.7. The van der Waals surface area contributed by atoms with Crippen LogP contribution in [-0.2, 0) is 11.3 Å². The Morgan fingerprint density at radius 1 is 1.26 bits per heavy atom. The van der Waals surface area contributed by atoms with E-state index in [-0.39, 0.29) is 18.4 Å². The lowest BCUT2D eigenvalue weighted by Crippen LogP contribution is -2.35. The number of ether oxygens (including phenoxy) is 1. The topological polar surface area (TPSA) is 63.6 Å². The van der Waals surface area contributed by atoms with Gasteiger partial charge >= 0.3 is 0 Å². The number of nitrogens with one attached hydrogen (secondary N) is 1. The number of aromatic nitrogens is 1. The molecule has 1 N–H and O–H groups in total. The van der Waals surface area contributed by atoms with Gasteiger partial charge in [-0.25, -0.2) is 0 Å². The summed E-state index contributed by atoms with van der Waals surface area (Å²) in [5.74, 6) is 0.686. The van der Waals surface area contributed by atoms with Gasteiger partial charge in [0, 0.05) is 36.2 Å². The van der Waals surface area contributed by atoms with Crippen molar-refractivity contribution in [1.82, 2.24) is 4.57 Å². The Balaban J connectivity index is 1.72. The number of benzene rings is 2. The quantitative estimate of drug-likeness (QED) is 0.603. The van der Waals surface area contributed by atoms with Crippen LogP contribution in [0, 0.1) is 6.92 Å². The van der Waals surface area contributed by atoms with Crippen molar-refractivity contribution in [2.24, 2.45) is 0 Å². The highest BCUT2D eigenvalue weighted by Gasteiger charge is 2.24. The summed E-state index contributed by atoms with van der Waals surface area (Å²) < 4.78 is 7.54. The van der Waals surface area contributed by atoms with E-state index in [4.69, 9.17) is 4.74 Å². The molecule has 1 aromatic heterocycles. The number of hydrogen-bond acceptors (Lipinski definition) is 3. The van der Waals surface area contributed by atoms with Crippen molar-refractivity contribution in [3.05, 3.63) is 65.9 Å². The highest BCUT2D eigenvalue weighted by atomic mass is 16.5. The number of carbonyl (C=O) groups excluding carboxylic acids is 2. The zero-order chi connectivity index (χ0) is 22.3. The number of rotatable bonds is 5. The molecule has 0 atom stereocenters. The molecule has 0 bridgehead atoms. The maximum absolute atomic E-state index is 13.3. The fourth-order valence-electron chi connectivity index (χ4n) is 4.06. The molecule has 3 aromatic rings. The maximum Gasteiger partial charge on any atom is 0.272 e. The van der Waals surface area contributed by atoms with Crippen LogP contribution >= 0.6 is 0 Å². The third-order valence-corrected chi connectivity index (χ3v) is 5.84. The Kier molecular flexibility index (Phi) is 5.31. The minimum atomic E-state index is -0.193. The van der Waals surface area contributed by atoms with Crippen molar-refractivity contribution in [3.63, 3.8) is 0 Å². The molecule has 0 saturated heterocycles. The molecule has 2 heterocycles. The lowest BCUT2D eigenvalue weighted by molar-refractivity contribution is -0.120. The lowest BCUT2D eigenvalue weighted by atomic mass is 10.0. The summed E-state index contributed by atoms with van der Waals surface area (Å²) in [6.07, 6.45) is 1.80. The summed E-state index contributed by atoms with van der Waals surface area (Å²) in [6, 6.07) is 11.7. The summed E-state index contributed by atoms with van der Waals surface area (Å²) in [5, 5.41) is 4.07. The number of nitrogens with zero attached hydrogens (tertiary/aromatic N) is 2. The largest absolute Gasteiger partial charge is 0.481 e. The average molecular weight is 418 g/mol. The molecule has 1 aliphatic heterocycles. The van der Waals surface area contributed by atoms with E-state index in [1.807, 2.05) is 11.5 Å². The van der Waals surface area contributed by atoms with Crippen LogP contribution in [0.25, 0.3) is 10.9 Å². The van der Waals surface area contributed by atoms with Gasteiger partial charge in [-0.15, -0.1) is 6.58 Å². The Bertz CT molecular complexity index is 1210. The van der Waals surface area contributed by atoms with E-state index in [2.05, 4.69) is 43.9 Å². The van der Waals surface area contributed by atoms with Crippen LogP contribution in [0.2, 0.25) is 0 Å². The highest BCUT2D eigenvalue weighted by Crippen LogP contribution is 2.34. The van der Waals surface area contributed by atoms with Gasteiger partial charge in [-0.1, -0.05) is 26.0 Å². The lowest BCUT2D eigenvalue weighted by Gasteiger charge is -2.26. The van der Waals surface area contributed by atoms with Gasteiger partial charge in [0.05, 0.1) is 5.69 Å². The number of likely N-dealkylation sites (N-methyl/N-ethyl adjacent to an activating group) is 1. The summed E-state index contributed by atoms with van der Waals surface area (Å²) in [4.78, 5) is 26.7. The van der Waals surface area contributed by atoms with E-state index in [0.717, 1.165) is 16.5 Å². The predicted octanol–water partition coefficient (Wildman–Crippen LogP) is 4.87. The van der Waals surface area contributed by atoms with Crippen molar-refractivity contribution < 1.29 is 14.3 Å². The van der Waals surface area contributed by atoms with Crippen LogP contribution in [0.4, 0.5) is 11.4 Å². The third-order valence-electron chi connectivity index (χ3n) is 5.84. The first-order valence-corrected chi connectivity index (χ1v) is 10.4. The molecule has 0 spiro atoms. The van der Waals surface area contributed by atoms with E-state index >= 15 is 0 Å². The van der Waals surface area contributed by atoms with Gasteiger partial charge in [-0.3, -0.25) is 9.59 Å². The third kappa shape index (κ3) is 3.58. The number of amides is 2. The maximum atomic E-state index is 13.3. The number of fused-ring (bicyclic) bond motifs is 2. The predicted molar refractivity (Wildman–Crippen MR) is 124 cm³/mol. The van der Waals surface area contributed by atoms with Crippen molar-refractivity contribution >= 4 is 34.1 Å². The SMILES string of the molecule is C=CCn1c(C(=O)Nc2ccc3c(c2)OCC(=O)N3C)c(C)c2cc(C(C)C)ccc21. The second kappa shape index (κ2) is 7.95. The van der Waals surface area contributed by atoms with Gasteiger partial charge in [-0.05, 0) is 48.2 Å². The number of hydrogen-bond donors (Lipinski definition) is 1. The van der Waals surface area contributed by atoms with E-state index < -0.39 is 0 Å². The van der Waals surface area contributed by atoms with Crippen LogP contribution < -0.4 is 15.0 Å². The minimum Gasteiger partial charge on any atom is -0.481 e. The smallest absolute Gasteiger partial charge is 0.272 e. The molecule has 0 radical (unpaired) electrons.